The van der Waals surface area contributed by atoms with Gasteiger partial charge in [0, 0.05) is 13.1 Å². The van der Waals surface area contributed by atoms with Crippen LogP contribution in [-0.4, -0.2) is 42.0 Å². The van der Waals surface area contributed by atoms with E-state index in [-0.39, 0.29) is 11.5 Å². The van der Waals surface area contributed by atoms with E-state index in [9.17, 15) is 9.18 Å². The fourth-order valence-electron chi connectivity index (χ4n) is 2.82. The largest absolute Gasteiger partial charge is 0.302 e. The lowest BCUT2D eigenvalue weighted by molar-refractivity contribution is 0.0980. The number of fused-ring (bicyclic) bond motifs is 1. The van der Waals surface area contributed by atoms with E-state index in [1.807, 2.05) is 24.3 Å². The maximum Gasteiger partial charge on any atom is 0.263 e. The maximum absolute atomic E-state index is 14.2. The second-order valence-corrected chi connectivity index (χ2v) is 6.94. The Bertz CT molecular complexity index is 858. The van der Waals surface area contributed by atoms with E-state index in [2.05, 4.69) is 23.7 Å². The molecule has 0 spiro atoms. The first-order chi connectivity index (χ1) is 12.6. The lowest BCUT2D eigenvalue weighted by Crippen LogP contribution is -2.39. The Labute approximate surface area is 156 Å². The fraction of sp³-hybridized carbons (Fsp3) is 0.300. The van der Waals surface area contributed by atoms with Gasteiger partial charge in [-0.25, -0.2) is 9.37 Å². The summed E-state index contributed by atoms with van der Waals surface area (Å²) < 4.78 is 15.2. The smallest absolute Gasteiger partial charge is 0.263 e. The highest BCUT2D eigenvalue weighted by molar-refractivity contribution is 7.22. The number of rotatable bonds is 7. The molecule has 4 nitrogen and oxygen atoms in total. The van der Waals surface area contributed by atoms with Gasteiger partial charge < -0.3 is 4.90 Å². The molecule has 0 saturated carbocycles. The number of thiazole rings is 1. The van der Waals surface area contributed by atoms with E-state index < -0.39 is 5.82 Å². The highest BCUT2D eigenvalue weighted by Crippen LogP contribution is 2.29. The number of amides is 1. The normalized spacial score (nSPS) is 11.2. The van der Waals surface area contributed by atoms with Crippen LogP contribution in [0.1, 0.15) is 24.2 Å². The number of hydrogen-bond donors (Lipinski definition) is 0. The minimum absolute atomic E-state index is 0.0753. The van der Waals surface area contributed by atoms with Crippen molar-refractivity contribution in [2.45, 2.75) is 13.8 Å². The quantitative estimate of drug-likeness (QED) is 0.617. The molecule has 2 aromatic carbocycles. The molecule has 3 aromatic rings. The molecule has 1 amide bonds. The number of anilines is 1. The topological polar surface area (TPSA) is 36.4 Å². The van der Waals surface area contributed by atoms with Crippen LogP contribution in [0.3, 0.4) is 0 Å². The second kappa shape index (κ2) is 8.38. The number of nitrogens with zero attached hydrogens (tertiary/aromatic N) is 3. The van der Waals surface area contributed by atoms with Gasteiger partial charge in [0.2, 0.25) is 0 Å². The van der Waals surface area contributed by atoms with Gasteiger partial charge >= 0.3 is 0 Å². The van der Waals surface area contributed by atoms with Crippen molar-refractivity contribution >= 4 is 32.6 Å². The number of para-hydroxylation sites is 1. The number of carbonyl (C=O) groups excluding carboxylic acids is 1. The van der Waals surface area contributed by atoms with Gasteiger partial charge in [-0.05, 0) is 37.4 Å². The summed E-state index contributed by atoms with van der Waals surface area (Å²) in [4.78, 5) is 21.5. The van der Waals surface area contributed by atoms with Crippen molar-refractivity contribution in [2.24, 2.45) is 0 Å². The van der Waals surface area contributed by atoms with Crippen LogP contribution in [0.4, 0.5) is 9.52 Å². The summed E-state index contributed by atoms with van der Waals surface area (Å²) in [6.45, 7) is 7.16. The molecule has 0 unspecified atom stereocenters. The van der Waals surface area contributed by atoms with E-state index in [0.717, 1.165) is 23.3 Å². The highest BCUT2D eigenvalue weighted by Gasteiger charge is 2.23. The first-order valence-corrected chi connectivity index (χ1v) is 9.60. The van der Waals surface area contributed by atoms with Crippen molar-refractivity contribution in [3.05, 3.63) is 59.9 Å². The fourth-order valence-corrected chi connectivity index (χ4v) is 3.81. The van der Waals surface area contributed by atoms with E-state index in [0.29, 0.717) is 18.2 Å². The van der Waals surface area contributed by atoms with Gasteiger partial charge in [-0.15, -0.1) is 0 Å². The number of halogens is 1. The van der Waals surface area contributed by atoms with Gasteiger partial charge in [-0.1, -0.05) is 49.4 Å². The van der Waals surface area contributed by atoms with Crippen molar-refractivity contribution in [3.63, 3.8) is 0 Å². The summed E-state index contributed by atoms with van der Waals surface area (Å²) in [7, 11) is 0. The Hall–Kier alpha value is -2.31. The Morgan fingerprint density at radius 1 is 1.04 bits per heavy atom. The van der Waals surface area contributed by atoms with Crippen molar-refractivity contribution in [1.29, 1.82) is 0 Å². The standard InChI is InChI=1S/C20H22FN3OS/c1-3-23(4-2)13-14-24(19(25)15-9-5-6-10-16(15)21)20-22-17-11-7-8-12-18(17)26-20/h5-12H,3-4,13-14H2,1-2H3. The van der Waals surface area contributed by atoms with E-state index in [1.54, 1.807) is 17.0 Å². The van der Waals surface area contributed by atoms with Gasteiger partial charge in [0.05, 0.1) is 15.8 Å². The zero-order chi connectivity index (χ0) is 18.5. The summed E-state index contributed by atoms with van der Waals surface area (Å²) in [5, 5.41) is 0.603. The second-order valence-electron chi connectivity index (χ2n) is 5.93. The molecular formula is C20H22FN3OS. The molecule has 6 heteroatoms. The van der Waals surface area contributed by atoms with Crippen LogP contribution in [0, 0.1) is 5.82 Å². The van der Waals surface area contributed by atoms with Gasteiger partial charge in [-0.3, -0.25) is 9.69 Å². The van der Waals surface area contributed by atoms with Crippen LogP contribution < -0.4 is 4.90 Å². The molecule has 0 aliphatic heterocycles. The number of aromatic nitrogens is 1. The zero-order valence-electron chi connectivity index (χ0n) is 15.0. The molecule has 1 heterocycles. The van der Waals surface area contributed by atoms with Crippen molar-refractivity contribution in [3.8, 4) is 0 Å². The molecule has 1 aromatic heterocycles. The number of hydrogen-bond acceptors (Lipinski definition) is 4. The van der Waals surface area contributed by atoms with Crippen LogP contribution in [0.5, 0.6) is 0 Å². The molecule has 0 N–H and O–H groups in total. The molecule has 0 atom stereocenters. The van der Waals surface area contributed by atoms with E-state index in [1.165, 1.54) is 23.5 Å². The summed E-state index contributed by atoms with van der Waals surface area (Å²) in [6.07, 6.45) is 0. The summed E-state index contributed by atoms with van der Waals surface area (Å²) in [5.41, 5.74) is 0.924. The third kappa shape index (κ3) is 3.92. The summed E-state index contributed by atoms with van der Waals surface area (Å²) >= 11 is 1.45. The Morgan fingerprint density at radius 2 is 1.73 bits per heavy atom. The zero-order valence-corrected chi connectivity index (χ0v) is 15.8. The maximum atomic E-state index is 14.2. The number of benzene rings is 2. The van der Waals surface area contributed by atoms with Gasteiger partial charge in [-0.2, -0.15) is 0 Å². The molecule has 3 rings (SSSR count). The summed E-state index contributed by atoms with van der Waals surface area (Å²) in [5.74, 6) is -0.860. The average Bonchev–Trinajstić information content (AvgIpc) is 3.09. The molecule has 26 heavy (non-hydrogen) atoms. The number of likely N-dealkylation sites (N-methyl/N-ethyl adjacent to an activating group) is 1. The molecule has 0 saturated heterocycles. The molecule has 136 valence electrons. The minimum Gasteiger partial charge on any atom is -0.302 e. The lowest BCUT2D eigenvalue weighted by atomic mass is 10.2. The van der Waals surface area contributed by atoms with Crippen LogP contribution in [0.25, 0.3) is 10.2 Å². The van der Waals surface area contributed by atoms with Crippen molar-refractivity contribution in [2.75, 3.05) is 31.1 Å². The number of carbonyl (C=O) groups is 1. The minimum atomic E-state index is -0.508. The highest BCUT2D eigenvalue weighted by atomic mass is 32.1. The monoisotopic (exact) mass is 371 g/mol. The van der Waals surface area contributed by atoms with Crippen molar-refractivity contribution < 1.29 is 9.18 Å². The average molecular weight is 371 g/mol. The van der Waals surface area contributed by atoms with E-state index in [4.69, 9.17) is 0 Å². The van der Waals surface area contributed by atoms with Gasteiger partial charge in [0.1, 0.15) is 5.82 Å². The third-order valence-electron chi connectivity index (χ3n) is 4.40. The van der Waals surface area contributed by atoms with Crippen LogP contribution >= 0.6 is 11.3 Å². The lowest BCUT2D eigenvalue weighted by Gasteiger charge is -2.24. The molecule has 0 fully saturated rings. The Morgan fingerprint density at radius 3 is 2.42 bits per heavy atom. The van der Waals surface area contributed by atoms with Crippen LogP contribution in [0.2, 0.25) is 0 Å². The third-order valence-corrected chi connectivity index (χ3v) is 5.46. The predicted molar refractivity (Wildman–Crippen MR) is 105 cm³/mol. The molecule has 0 radical (unpaired) electrons. The van der Waals surface area contributed by atoms with Crippen LogP contribution in [0.15, 0.2) is 48.5 Å². The van der Waals surface area contributed by atoms with Crippen LogP contribution in [-0.2, 0) is 0 Å². The Kier molecular flexibility index (Phi) is 5.96. The first-order valence-electron chi connectivity index (χ1n) is 8.78. The molecule has 0 bridgehead atoms. The van der Waals surface area contributed by atoms with Crippen molar-refractivity contribution in [1.82, 2.24) is 9.88 Å². The Balaban J connectivity index is 1.95. The molecular weight excluding hydrogens is 349 g/mol. The first kappa shape index (κ1) is 18.5. The van der Waals surface area contributed by atoms with Gasteiger partial charge in [0.15, 0.2) is 5.13 Å². The molecule has 0 aliphatic rings. The summed E-state index contributed by atoms with van der Waals surface area (Å²) in [6, 6.07) is 13.9. The van der Waals surface area contributed by atoms with E-state index >= 15 is 0 Å². The SMILES string of the molecule is CCN(CC)CCN(C(=O)c1ccccc1F)c1nc2ccccc2s1. The molecule has 0 aliphatic carbocycles. The van der Waals surface area contributed by atoms with Gasteiger partial charge in [0.25, 0.3) is 5.91 Å². The predicted octanol–water partition coefficient (Wildman–Crippen LogP) is 4.42.